The minimum absolute atomic E-state index is 0.0589. The highest BCUT2D eigenvalue weighted by Crippen LogP contribution is 2.29. The molecule has 0 aliphatic rings. The number of benzene rings is 1. The Labute approximate surface area is 114 Å². The predicted molar refractivity (Wildman–Crippen MR) is 75.4 cm³/mol. The van der Waals surface area contributed by atoms with Gasteiger partial charge in [-0.2, -0.15) is 0 Å². The molecule has 0 saturated heterocycles. The molecule has 0 aliphatic heterocycles. The molecule has 94 valence electrons. The van der Waals surface area contributed by atoms with E-state index in [1.54, 1.807) is 31.9 Å². The zero-order chi connectivity index (χ0) is 13.2. The van der Waals surface area contributed by atoms with Gasteiger partial charge in [0, 0.05) is 23.2 Å². The number of aliphatic hydroxyl groups is 1. The molecule has 0 heterocycles. The van der Waals surface area contributed by atoms with Crippen LogP contribution >= 0.6 is 22.6 Å². The highest BCUT2D eigenvalue weighted by atomic mass is 127. The van der Waals surface area contributed by atoms with Gasteiger partial charge < -0.3 is 10.0 Å². The SMILES string of the molecule is CN(CC(C)(C)O)c1ccc(I)cc1[N+](=O)[O-]. The minimum atomic E-state index is -0.897. The van der Waals surface area contributed by atoms with Crippen molar-refractivity contribution in [2.24, 2.45) is 0 Å². The second-order valence-electron chi connectivity index (χ2n) is 4.56. The molecule has 1 rings (SSSR count). The monoisotopic (exact) mass is 350 g/mol. The Hall–Kier alpha value is -0.890. The number of nitrogens with zero attached hydrogens (tertiary/aromatic N) is 2. The number of hydrogen-bond acceptors (Lipinski definition) is 4. The Bertz CT molecular complexity index is 429. The van der Waals surface area contributed by atoms with E-state index in [0.29, 0.717) is 12.2 Å². The summed E-state index contributed by atoms with van der Waals surface area (Å²) in [6.07, 6.45) is 0. The zero-order valence-electron chi connectivity index (χ0n) is 9.98. The van der Waals surface area contributed by atoms with Crippen molar-refractivity contribution in [1.29, 1.82) is 0 Å². The molecule has 5 nitrogen and oxygen atoms in total. The molecule has 0 atom stereocenters. The van der Waals surface area contributed by atoms with E-state index in [2.05, 4.69) is 0 Å². The molecule has 0 spiro atoms. The zero-order valence-corrected chi connectivity index (χ0v) is 12.1. The van der Waals surface area contributed by atoms with Crippen LogP contribution in [0.25, 0.3) is 0 Å². The van der Waals surface area contributed by atoms with E-state index in [4.69, 9.17) is 0 Å². The van der Waals surface area contributed by atoms with Gasteiger partial charge in [0.25, 0.3) is 5.69 Å². The van der Waals surface area contributed by atoms with Crippen molar-refractivity contribution in [1.82, 2.24) is 0 Å². The van der Waals surface area contributed by atoms with Crippen LogP contribution in [0.2, 0.25) is 0 Å². The van der Waals surface area contributed by atoms with Crippen LogP contribution in [0.1, 0.15) is 13.8 Å². The second kappa shape index (κ2) is 5.18. The summed E-state index contributed by atoms with van der Waals surface area (Å²) in [6.45, 7) is 3.67. The Morgan fingerprint density at radius 3 is 2.59 bits per heavy atom. The molecule has 6 heteroatoms. The fraction of sp³-hybridized carbons (Fsp3) is 0.455. The molecule has 1 N–H and O–H groups in total. The normalized spacial score (nSPS) is 11.4. The Morgan fingerprint density at radius 1 is 1.53 bits per heavy atom. The molecule has 0 amide bonds. The average molecular weight is 350 g/mol. The number of likely N-dealkylation sites (N-methyl/N-ethyl adjacent to an activating group) is 1. The maximum absolute atomic E-state index is 11.0. The van der Waals surface area contributed by atoms with E-state index in [1.807, 2.05) is 28.7 Å². The van der Waals surface area contributed by atoms with Gasteiger partial charge in [0.15, 0.2) is 0 Å². The number of hydrogen-bond donors (Lipinski definition) is 1. The van der Waals surface area contributed by atoms with Gasteiger partial charge in [0.05, 0.1) is 10.5 Å². The summed E-state index contributed by atoms with van der Waals surface area (Å²) in [5.74, 6) is 0. The first kappa shape index (κ1) is 14.2. The lowest BCUT2D eigenvalue weighted by Crippen LogP contribution is -2.36. The van der Waals surface area contributed by atoms with Gasteiger partial charge in [-0.25, -0.2) is 0 Å². The largest absolute Gasteiger partial charge is 0.389 e. The average Bonchev–Trinajstić information content (AvgIpc) is 2.14. The van der Waals surface area contributed by atoms with E-state index >= 15 is 0 Å². The van der Waals surface area contributed by atoms with Crippen molar-refractivity contribution < 1.29 is 10.0 Å². The smallest absolute Gasteiger partial charge is 0.293 e. The van der Waals surface area contributed by atoms with Crippen LogP contribution in [0.3, 0.4) is 0 Å². The van der Waals surface area contributed by atoms with Crippen LogP contribution in [0.5, 0.6) is 0 Å². The molecule has 0 radical (unpaired) electrons. The molecule has 0 unspecified atom stereocenters. The van der Waals surface area contributed by atoms with E-state index in [0.717, 1.165) is 3.57 Å². The molecule has 0 bridgehead atoms. The van der Waals surface area contributed by atoms with E-state index in [1.165, 1.54) is 6.07 Å². The van der Waals surface area contributed by atoms with Gasteiger partial charge in [0.1, 0.15) is 5.69 Å². The molecule has 0 saturated carbocycles. The summed E-state index contributed by atoms with van der Waals surface area (Å²) in [7, 11) is 1.73. The Morgan fingerprint density at radius 2 is 2.12 bits per heavy atom. The van der Waals surface area contributed by atoms with Crippen LogP contribution in [-0.4, -0.2) is 29.2 Å². The molecule has 1 aromatic rings. The van der Waals surface area contributed by atoms with E-state index < -0.39 is 10.5 Å². The minimum Gasteiger partial charge on any atom is -0.389 e. The summed E-state index contributed by atoms with van der Waals surface area (Å²) >= 11 is 2.03. The summed E-state index contributed by atoms with van der Waals surface area (Å²) in [6, 6.07) is 5.03. The van der Waals surface area contributed by atoms with Crippen molar-refractivity contribution in [3.05, 3.63) is 31.9 Å². The maximum atomic E-state index is 11.0. The maximum Gasteiger partial charge on any atom is 0.293 e. The van der Waals surface area contributed by atoms with Gasteiger partial charge >= 0.3 is 0 Å². The van der Waals surface area contributed by atoms with Gasteiger partial charge in [-0.3, -0.25) is 10.1 Å². The van der Waals surface area contributed by atoms with Gasteiger partial charge in [-0.05, 0) is 48.6 Å². The predicted octanol–water partition coefficient (Wildman–Crippen LogP) is 2.41. The highest BCUT2D eigenvalue weighted by Gasteiger charge is 2.22. The third-order valence-electron chi connectivity index (χ3n) is 2.17. The summed E-state index contributed by atoms with van der Waals surface area (Å²) < 4.78 is 0.815. The molecule has 0 fully saturated rings. The summed E-state index contributed by atoms with van der Waals surface area (Å²) in [5, 5.41) is 20.7. The van der Waals surface area contributed by atoms with Gasteiger partial charge in [-0.1, -0.05) is 0 Å². The Balaban J connectivity index is 3.09. The molecule has 17 heavy (non-hydrogen) atoms. The molecule has 1 aromatic carbocycles. The number of rotatable bonds is 4. The molecule has 0 aliphatic carbocycles. The standard InChI is InChI=1S/C11H15IN2O3/c1-11(2,15)7-13(3)9-5-4-8(12)6-10(9)14(16)17/h4-6,15H,7H2,1-3H3. The van der Waals surface area contributed by atoms with Crippen LogP contribution in [0.4, 0.5) is 11.4 Å². The van der Waals surface area contributed by atoms with Crippen molar-refractivity contribution in [3.63, 3.8) is 0 Å². The highest BCUT2D eigenvalue weighted by molar-refractivity contribution is 14.1. The van der Waals surface area contributed by atoms with Crippen LogP contribution in [0, 0.1) is 13.7 Å². The number of nitro groups is 1. The quantitative estimate of drug-likeness (QED) is 0.515. The molecular weight excluding hydrogens is 335 g/mol. The van der Waals surface area contributed by atoms with E-state index in [-0.39, 0.29) is 5.69 Å². The van der Waals surface area contributed by atoms with E-state index in [9.17, 15) is 15.2 Å². The van der Waals surface area contributed by atoms with Gasteiger partial charge in [-0.15, -0.1) is 0 Å². The van der Waals surface area contributed by atoms with Gasteiger partial charge in [0.2, 0.25) is 0 Å². The first-order valence-corrected chi connectivity index (χ1v) is 6.16. The Kier molecular flexibility index (Phi) is 4.31. The summed E-state index contributed by atoms with van der Waals surface area (Å²) in [4.78, 5) is 12.2. The second-order valence-corrected chi connectivity index (χ2v) is 5.80. The van der Waals surface area contributed by atoms with Crippen molar-refractivity contribution >= 4 is 34.0 Å². The number of halogens is 1. The number of anilines is 1. The topological polar surface area (TPSA) is 66.6 Å². The third-order valence-corrected chi connectivity index (χ3v) is 2.84. The molecular formula is C11H15IN2O3. The van der Waals surface area contributed by atoms with Crippen LogP contribution in [0.15, 0.2) is 18.2 Å². The molecule has 0 aromatic heterocycles. The summed E-state index contributed by atoms with van der Waals surface area (Å²) in [5.41, 5.74) is -0.327. The lowest BCUT2D eigenvalue weighted by atomic mass is 10.1. The van der Waals surface area contributed by atoms with Crippen LogP contribution in [-0.2, 0) is 0 Å². The lowest BCUT2D eigenvalue weighted by Gasteiger charge is -2.26. The van der Waals surface area contributed by atoms with Crippen molar-refractivity contribution in [3.8, 4) is 0 Å². The van der Waals surface area contributed by atoms with Crippen molar-refractivity contribution in [2.45, 2.75) is 19.4 Å². The van der Waals surface area contributed by atoms with Crippen LogP contribution < -0.4 is 4.90 Å². The fourth-order valence-corrected chi connectivity index (χ4v) is 2.11. The number of nitro benzene ring substituents is 1. The fourth-order valence-electron chi connectivity index (χ4n) is 1.63. The lowest BCUT2D eigenvalue weighted by molar-refractivity contribution is -0.384. The third kappa shape index (κ3) is 4.12. The van der Waals surface area contributed by atoms with Crippen molar-refractivity contribution in [2.75, 3.05) is 18.5 Å². The first-order valence-electron chi connectivity index (χ1n) is 5.08. The first-order chi connectivity index (χ1) is 7.70.